The number of carbonyl (C=O) groups excluding carboxylic acids is 2. The van der Waals surface area contributed by atoms with Crippen molar-refractivity contribution >= 4 is 27.9 Å². The molecule has 0 N–H and O–H groups in total. The number of rotatable bonds is 33. The Labute approximate surface area is 282 Å². The summed E-state index contributed by atoms with van der Waals surface area (Å²) in [4.78, 5) is 28.4. The molecule has 0 saturated carbocycles. The van der Waals surface area contributed by atoms with Gasteiger partial charge in [0, 0.05) is 13.1 Å². The molecular formula is C38H74BrNO4. The average molecular weight is 689 g/mol. The number of halogens is 1. The zero-order valence-corrected chi connectivity index (χ0v) is 31.6. The number of hydrogen-bond acceptors (Lipinski definition) is 5. The standard InChI is InChI=1S/C38H74BrNO4/c1-6-10-14-18-20-24-28-35(26-22-16-12-8-3)37(41)43-32-30-40(34(5)39)31-33-44-38(42)36(27-23-17-13-9-4)29-25-21-19-15-11-7-2/h34-36H,6-33H2,1-5H3. The number of carbonyl (C=O) groups is 2. The lowest BCUT2D eigenvalue weighted by Crippen LogP contribution is -2.36. The molecule has 0 aliphatic carbocycles. The Morgan fingerprint density at radius 2 is 0.773 bits per heavy atom. The molecule has 0 aliphatic rings. The van der Waals surface area contributed by atoms with Gasteiger partial charge >= 0.3 is 11.9 Å². The maximum absolute atomic E-state index is 13.1. The number of hydrogen-bond donors (Lipinski definition) is 0. The fraction of sp³-hybridized carbons (Fsp3) is 0.947. The molecule has 3 atom stereocenters. The van der Waals surface area contributed by atoms with Crippen LogP contribution in [-0.2, 0) is 19.1 Å². The van der Waals surface area contributed by atoms with Gasteiger partial charge in [-0.2, -0.15) is 0 Å². The molecule has 6 heteroatoms. The van der Waals surface area contributed by atoms with Crippen molar-refractivity contribution in [1.29, 1.82) is 0 Å². The SMILES string of the molecule is CCCCCCCCC(CCCCCC)C(=O)OCCN(CCOC(=O)C(CCCCCC)CCCCCCCC)C(C)Br. The van der Waals surface area contributed by atoms with Crippen molar-refractivity contribution in [2.75, 3.05) is 26.3 Å². The summed E-state index contributed by atoms with van der Waals surface area (Å²) in [6.07, 6.45) is 28.2. The second-order valence-electron chi connectivity index (χ2n) is 13.2. The van der Waals surface area contributed by atoms with Crippen molar-refractivity contribution in [3.8, 4) is 0 Å². The van der Waals surface area contributed by atoms with E-state index in [0.29, 0.717) is 26.3 Å². The van der Waals surface area contributed by atoms with Gasteiger partial charge in [-0.05, 0) is 32.6 Å². The summed E-state index contributed by atoms with van der Waals surface area (Å²) in [6.45, 7) is 13.0. The van der Waals surface area contributed by atoms with E-state index < -0.39 is 0 Å². The van der Waals surface area contributed by atoms with Crippen LogP contribution in [0.4, 0.5) is 0 Å². The maximum Gasteiger partial charge on any atom is 0.308 e. The first-order chi connectivity index (χ1) is 21.4. The van der Waals surface area contributed by atoms with Crippen LogP contribution >= 0.6 is 15.9 Å². The van der Waals surface area contributed by atoms with Crippen molar-refractivity contribution in [3.05, 3.63) is 0 Å². The zero-order valence-electron chi connectivity index (χ0n) is 30.0. The van der Waals surface area contributed by atoms with Crippen LogP contribution in [0.5, 0.6) is 0 Å². The molecule has 0 fully saturated rings. The molecule has 0 rings (SSSR count). The van der Waals surface area contributed by atoms with E-state index in [0.717, 1.165) is 51.4 Å². The van der Waals surface area contributed by atoms with Gasteiger partial charge in [-0.3, -0.25) is 14.5 Å². The monoisotopic (exact) mass is 687 g/mol. The van der Waals surface area contributed by atoms with E-state index in [4.69, 9.17) is 9.47 Å². The quantitative estimate of drug-likeness (QED) is 0.0297. The highest BCUT2D eigenvalue weighted by Gasteiger charge is 2.22. The minimum Gasteiger partial charge on any atom is -0.464 e. The van der Waals surface area contributed by atoms with Gasteiger partial charge < -0.3 is 9.47 Å². The van der Waals surface area contributed by atoms with Crippen molar-refractivity contribution in [2.24, 2.45) is 11.8 Å². The van der Waals surface area contributed by atoms with E-state index >= 15 is 0 Å². The third-order valence-corrected chi connectivity index (χ3v) is 9.62. The molecule has 0 radical (unpaired) electrons. The van der Waals surface area contributed by atoms with Crippen LogP contribution in [0.15, 0.2) is 0 Å². The molecule has 0 bridgehead atoms. The molecule has 0 spiro atoms. The average Bonchev–Trinajstić information content (AvgIpc) is 3.01. The Bertz CT molecular complexity index is 594. The molecule has 3 unspecified atom stereocenters. The summed E-state index contributed by atoms with van der Waals surface area (Å²) in [5.41, 5.74) is 0. The maximum atomic E-state index is 13.1. The first-order valence-electron chi connectivity index (χ1n) is 19.1. The number of unbranched alkanes of at least 4 members (excludes halogenated alkanes) is 16. The number of ether oxygens (including phenoxy) is 2. The van der Waals surface area contributed by atoms with Gasteiger partial charge in [0.1, 0.15) is 13.2 Å². The first kappa shape index (κ1) is 43.4. The fourth-order valence-electron chi connectivity index (χ4n) is 5.97. The highest BCUT2D eigenvalue weighted by atomic mass is 79.9. The topological polar surface area (TPSA) is 55.8 Å². The Morgan fingerprint density at radius 3 is 1.07 bits per heavy atom. The second kappa shape index (κ2) is 32.3. The highest BCUT2D eigenvalue weighted by molar-refractivity contribution is 9.09. The third-order valence-electron chi connectivity index (χ3n) is 9.04. The van der Waals surface area contributed by atoms with Gasteiger partial charge in [-0.1, -0.05) is 172 Å². The molecular weight excluding hydrogens is 614 g/mol. The molecule has 0 aromatic rings. The van der Waals surface area contributed by atoms with Gasteiger partial charge in [0.05, 0.1) is 16.8 Å². The van der Waals surface area contributed by atoms with Crippen molar-refractivity contribution < 1.29 is 19.1 Å². The summed E-state index contributed by atoms with van der Waals surface area (Å²) in [7, 11) is 0. The van der Waals surface area contributed by atoms with E-state index in [2.05, 4.69) is 55.4 Å². The normalized spacial score (nSPS) is 13.6. The van der Waals surface area contributed by atoms with Gasteiger partial charge in [-0.15, -0.1) is 0 Å². The minimum atomic E-state index is -0.0238. The molecule has 5 nitrogen and oxygen atoms in total. The number of esters is 2. The van der Waals surface area contributed by atoms with Crippen LogP contribution in [0.25, 0.3) is 0 Å². The highest BCUT2D eigenvalue weighted by Crippen LogP contribution is 2.22. The molecule has 262 valence electrons. The second-order valence-corrected chi connectivity index (χ2v) is 14.5. The smallest absolute Gasteiger partial charge is 0.308 e. The largest absolute Gasteiger partial charge is 0.464 e. The lowest BCUT2D eigenvalue weighted by molar-refractivity contribution is -0.150. The molecule has 0 saturated heterocycles. The minimum absolute atomic E-state index is 0.0229. The van der Waals surface area contributed by atoms with Crippen LogP contribution in [0.3, 0.4) is 0 Å². The van der Waals surface area contributed by atoms with Crippen LogP contribution in [0.2, 0.25) is 0 Å². The summed E-state index contributed by atoms with van der Waals surface area (Å²) in [5.74, 6) is -0.00185. The predicted molar refractivity (Wildman–Crippen MR) is 192 cm³/mol. The third kappa shape index (κ3) is 25.6. The van der Waals surface area contributed by atoms with Gasteiger partial charge in [0.25, 0.3) is 0 Å². The first-order valence-corrected chi connectivity index (χ1v) is 20.0. The molecule has 0 aromatic heterocycles. The summed E-state index contributed by atoms with van der Waals surface area (Å²) in [5, 5.41) is 0. The summed E-state index contributed by atoms with van der Waals surface area (Å²) >= 11 is 3.70. The van der Waals surface area contributed by atoms with Gasteiger partial charge in [0.15, 0.2) is 0 Å². The number of alkyl halides is 1. The van der Waals surface area contributed by atoms with Crippen LogP contribution in [-0.4, -0.2) is 48.1 Å². The summed E-state index contributed by atoms with van der Waals surface area (Å²) in [6, 6.07) is 0. The van der Waals surface area contributed by atoms with Crippen LogP contribution in [0, 0.1) is 11.8 Å². The summed E-state index contributed by atoms with van der Waals surface area (Å²) < 4.78 is 11.7. The molecule has 0 aromatic carbocycles. The molecule has 0 aliphatic heterocycles. The van der Waals surface area contributed by atoms with Crippen LogP contribution < -0.4 is 0 Å². The Balaban J connectivity index is 4.70. The Morgan fingerprint density at radius 1 is 0.500 bits per heavy atom. The fourth-order valence-corrected chi connectivity index (χ4v) is 6.38. The van der Waals surface area contributed by atoms with E-state index in [1.54, 1.807) is 0 Å². The van der Waals surface area contributed by atoms with Gasteiger partial charge in [0.2, 0.25) is 0 Å². The molecule has 0 amide bonds. The number of nitrogens with zero attached hydrogens (tertiary/aromatic N) is 1. The van der Waals surface area contributed by atoms with E-state index in [1.807, 2.05) is 0 Å². The van der Waals surface area contributed by atoms with E-state index in [-0.39, 0.29) is 28.7 Å². The van der Waals surface area contributed by atoms with Crippen molar-refractivity contribution in [1.82, 2.24) is 4.90 Å². The van der Waals surface area contributed by atoms with Crippen LogP contribution in [0.1, 0.15) is 189 Å². The lowest BCUT2D eigenvalue weighted by atomic mass is 9.94. The Kier molecular flexibility index (Phi) is 31.9. The van der Waals surface area contributed by atoms with E-state index in [1.165, 1.54) is 103 Å². The van der Waals surface area contributed by atoms with Gasteiger partial charge in [-0.25, -0.2) is 0 Å². The van der Waals surface area contributed by atoms with Crippen molar-refractivity contribution in [2.45, 2.75) is 194 Å². The van der Waals surface area contributed by atoms with E-state index in [9.17, 15) is 9.59 Å². The molecule has 0 heterocycles. The van der Waals surface area contributed by atoms with Crippen molar-refractivity contribution in [3.63, 3.8) is 0 Å². The Hall–Kier alpha value is -0.620. The molecule has 44 heavy (non-hydrogen) atoms. The predicted octanol–water partition coefficient (Wildman–Crippen LogP) is 11.8. The lowest BCUT2D eigenvalue weighted by Gasteiger charge is -2.26. The zero-order chi connectivity index (χ0) is 32.7.